The first kappa shape index (κ1) is 12.5. The van der Waals surface area contributed by atoms with E-state index < -0.39 is 28.2 Å². The number of aliphatic carboxylic acids is 1. The fourth-order valence-electron chi connectivity index (χ4n) is 0.905. The van der Waals surface area contributed by atoms with Crippen molar-refractivity contribution in [3.63, 3.8) is 0 Å². The van der Waals surface area contributed by atoms with Crippen molar-refractivity contribution in [2.24, 2.45) is 0 Å². The maximum Gasteiger partial charge on any atom is 0.304 e. The van der Waals surface area contributed by atoms with Crippen molar-refractivity contribution in [3.05, 3.63) is 24.0 Å². The molecule has 0 fully saturated rings. The number of sulfonamides is 1. The lowest BCUT2D eigenvalue weighted by molar-refractivity contribution is -0.136. The van der Waals surface area contributed by atoms with Gasteiger partial charge in [-0.2, -0.15) is 10.2 Å². The van der Waals surface area contributed by atoms with Crippen LogP contribution in [0.5, 0.6) is 0 Å². The summed E-state index contributed by atoms with van der Waals surface area (Å²) >= 11 is 0. The van der Waals surface area contributed by atoms with Crippen LogP contribution < -0.4 is 4.72 Å². The van der Waals surface area contributed by atoms with Crippen LogP contribution in [0.2, 0.25) is 0 Å². The largest absolute Gasteiger partial charge is 0.481 e. The van der Waals surface area contributed by atoms with E-state index in [1.54, 1.807) is 12.1 Å². The Morgan fingerprint density at radius 1 is 1.50 bits per heavy atom. The maximum absolute atomic E-state index is 11.3. The molecule has 0 aliphatic carbocycles. The quantitative estimate of drug-likeness (QED) is 0.690. The van der Waals surface area contributed by atoms with E-state index in [-0.39, 0.29) is 6.54 Å². The van der Waals surface area contributed by atoms with Crippen molar-refractivity contribution < 1.29 is 18.3 Å². The standard InChI is InChI=1S/C8H11N3O4S/c12-8(13)3-5-16(14,15)10-6-7-2-1-4-9-11-7/h1-2,4,10H,3,5-6H2,(H,12,13). The molecule has 0 atom stereocenters. The summed E-state index contributed by atoms with van der Waals surface area (Å²) in [5.41, 5.74) is 0.474. The van der Waals surface area contributed by atoms with Crippen LogP contribution in [0.25, 0.3) is 0 Å². The van der Waals surface area contributed by atoms with Crippen molar-refractivity contribution in [1.82, 2.24) is 14.9 Å². The Kier molecular flexibility index (Phi) is 4.32. The summed E-state index contributed by atoms with van der Waals surface area (Å²) in [5, 5.41) is 15.6. The molecule has 1 rings (SSSR count). The fourth-order valence-corrected chi connectivity index (χ4v) is 1.86. The van der Waals surface area contributed by atoms with Gasteiger partial charge < -0.3 is 5.11 Å². The summed E-state index contributed by atoms with van der Waals surface area (Å²) in [4.78, 5) is 10.2. The molecule has 7 nitrogen and oxygen atoms in total. The fraction of sp³-hybridized carbons (Fsp3) is 0.375. The Hall–Kier alpha value is -1.54. The smallest absolute Gasteiger partial charge is 0.304 e. The van der Waals surface area contributed by atoms with Gasteiger partial charge in [-0.3, -0.25) is 4.79 Å². The summed E-state index contributed by atoms with van der Waals surface area (Å²) in [6, 6.07) is 3.25. The molecule has 2 N–H and O–H groups in total. The van der Waals surface area contributed by atoms with Gasteiger partial charge in [0.2, 0.25) is 10.0 Å². The van der Waals surface area contributed by atoms with E-state index in [4.69, 9.17) is 5.11 Å². The van der Waals surface area contributed by atoms with Gasteiger partial charge in [-0.1, -0.05) is 0 Å². The number of carboxylic acid groups (broad SMARTS) is 1. The third-order valence-electron chi connectivity index (χ3n) is 1.69. The molecule has 0 amide bonds. The van der Waals surface area contributed by atoms with Crippen LogP contribution in [0.1, 0.15) is 12.1 Å². The van der Waals surface area contributed by atoms with Crippen molar-refractivity contribution in [3.8, 4) is 0 Å². The second-order valence-corrected chi connectivity index (χ2v) is 4.93. The van der Waals surface area contributed by atoms with E-state index in [0.717, 1.165) is 0 Å². The van der Waals surface area contributed by atoms with Gasteiger partial charge in [-0.15, -0.1) is 0 Å². The first-order chi connectivity index (χ1) is 7.49. The minimum absolute atomic E-state index is 0.00971. The van der Waals surface area contributed by atoms with E-state index in [1.807, 2.05) is 0 Å². The molecule has 88 valence electrons. The number of nitrogens with one attached hydrogen (secondary N) is 1. The minimum atomic E-state index is -3.57. The lowest BCUT2D eigenvalue weighted by Gasteiger charge is -2.03. The molecule has 0 aromatic carbocycles. The second-order valence-electron chi connectivity index (χ2n) is 3.00. The lowest BCUT2D eigenvalue weighted by atomic mass is 10.4. The Morgan fingerprint density at radius 3 is 2.81 bits per heavy atom. The average Bonchev–Trinajstić information content (AvgIpc) is 2.26. The summed E-state index contributed by atoms with van der Waals surface area (Å²) in [6.45, 7) is 0.00971. The van der Waals surface area contributed by atoms with Crippen LogP contribution in [-0.4, -0.2) is 35.4 Å². The van der Waals surface area contributed by atoms with Gasteiger partial charge in [0.05, 0.1) is 24.4 Å². The van der Waals surface area contributed by atoms with E-state index in [9.17, 15) is 13.2 Å². The molecule has 0 saturated heterocycles. The molecule has 0 aliphatic rings. The number of aromatic nitrogens is 2. The zero-order valence-electron chi connectivity index (χ0n) is 8.33. The highest BCUT2D eigenvalue weighted by Gasteiger charge is 2.12. The van der Waals surface area contributed by atoms with Crippen LogP contribution in [0.3, 0.4) is 0 Å². The molecule has 8 heteroatoms. The van der Waals surface area contributed by atoms with Crippen LogP contribution in [0.4, 0.5) is 0 Å². The van der Waals surface area contributed by atoms with Gasteiger partial charge in [0.15, 0.2) is 0 Å². The Morgan fingerprint density at radius 2 is 2.25 bits per heavy atom. The van der Waals surface area contributed by atoms with Crippen LogP contribution >= 0.6 is 0 Å². The molecule has 1 heterocycles. The lowest BCUT2D eigenvalue weighted by Crippen LogP contribution is -2.27. The Balaban J connectivity index is 2.45. The monoisotopic (exact) mass is 245 g/mol. The highest BCUT2D eigenvalue weighted by atomic mass is 32.2. The van der Waals surface area contributed by atoms with Gasteiger partial charge >= 0.3 is 5.97 Å². The molecule has 1 aromatic rings. The summed E-state index contributed by atoms with van der Waals surface area (Å²) in [7, 11) is -3.57. The zero-order chi connectivity index (χ0) is 12.0. The van der Waals surface area contributed by atoms with Gasteiger partial charge in [0.1, 0.15) is 0 Å². The average molecular weight is 245 g/mol. The molecule has 0 radical (unpaired) electrons. The zero-order valence-corrected chi connectivity index (χ0v) is 9.14. The van der Waals surface area contributed by atoms with E-state index in [1.165, 1.54) is 6.20 Å². The number of carboxylic acids is 1. The van der Waals surface area contributed by atoms with E-state index >= 15 is 0 Å². The number of nitrogens with zero attached hydrogens (tertiary/aromatic N) is 2. The van der Waals surface area contributed by atoms with Gasteiger partial charge in [-0.25, -0.2) is 13.1 Å². The number of hydrogen-bond donors (Lipinski definition) is 2. The highest BCUT2D eigenvalue weighted by molar-refractivity contribution is 7.89. The van der Waals surface area contributed by atoms with Crippen LogP contribution in [-0.2, 0) is 21.4 Å². The topological polar surface area (TPSA) is 109 Å². The Labute approximate surface area is 92.6 Å². The maximum atomic E-state index is 11.3. The molecule has 0 unspecified atom stereocenters. The molecule has 0 bridgehead atoms. The first-order valence-electron chi connectivity index (χ1n) is 4.45. The third kappa shape index (κ3) is 4.80. The van der Waals surface area contributed by atoms with E-state index in [0.29, 0.717) is 5.69 Å². The molecule has 0 aliphatic heterocycles. The molecule has 1 aromatic heterocycles. The summed E-state index contributed by atoms with van der Waals surface area (Å²) in [5.74, 6) is -1.59. The highest BCUT2D eigenvalue weighted by Crippen LogP contribution is 1.94. The predicted octanol–water partition coefficient (Wildman–Crippen LogP) is -0.629. The van der Waals surface area contributed by atoms with Crippen molar-refractivity contribution in [1.29, 1.82) is 0 Å². The van der Waals surface area contributed by atoms with Gasteiger partial charge in [-0.05, 0) is 12.1 Å². The second kappa shape index (κ2) is 5.52. The van der Waals surface area contributed by atoms with E-state index in [2.05, 4.69) is 14.9 Å². The van der Waals surface area contributed by atoms with Crippen molar-refractivity contribution >= 4 is 16.0 Å². The number of rotatable bonds is 6. The van der Waals surface area contributed by atoms with Crippen molar-refractivity contribution in [2.75, 3.05) is 5.75 Å². The predicted molar refractivity (Wildman–Crippen MR) is 54.9 cm³/mol. The first-order valence-corrected chi connectivity index (χ1v) is 6.10. The van der Waals surface area contributed by atoms with Crippen LogP contribution in [0, 0.1) is 0 Å². The number of hydrogen-bond acceptors (Lipinski definition) is 5. The molecule has 0 saturated carbocycles. The normalized spacial score (nSPS) is 11.2. The minimum Gasteiger partial charge on any atom is -0.481 e. The van der Waals surface area contributed by atoms with Crippen molar-refractivity contribution in [2.45, 2.75) is 13.0 Å². The van der Waals surface area contributed by atoms with Gasteiger partial charge in [0, 0.05) is 6.20 Å². The summed E-state index contributed by atoms with van der Waals surface area (Å²) in [6.07, 6.45) is 1.05. The third-order valence-corrected chi connectivity index (χ3v) is 3.01. The molecular weight excluding hydrogens is 234 g/mol. The van der Waals surface area contributed by atoms with Crippen LogP contribution in [0.15, 0.2) is 18.3 Å². The number of carbonyl (C=O) groups is 1. The molecule has 16 heavy (non-hydrogen) atoms. The SMILES string of the molecule is O=C(O)CCS(=O)(=O)NCc1cccnn1. The molecular formula is C8H11N3O4S. The summed E-state index contributed by atoms with van der Waals surface area (Å²) < 4.78 is 24.8. The molecule has 0 spiro atoms. The van der Waals surface area contributed by atoms with Gasteiger partial charge in [0.25, 0.3) is 0 Å². The Bertz CT molecular complexity index is 446.